The summed E-state index contributed by atoms with van der Waals surface area (Å²) in [6.45, 7) is 2.20. The van der Waals surface area contributed by atoms with E-state index >= 15 is 0 Å². The molecule has 1 atom stereocenters. The minimum absolute atomic E-state index is 0.187. The zero-order chi connectivity index (χ0) is 18.9. The molecule has 0 saturated heterocycles. The van der Waals surface area contributed by atoms with Gasteiger partial charge in [0.25, 0.3) is 5.91 Å². The molecule has 0 aliphatic rings. The SMILES string of the molecule is CCC(Oc1ccccc1)C(=O)NCc1ccc(OC)c(OC)c1OC. The van der Waals surface area contributed by atoms with E-state index in [0.29, 0.717) is 29.4 Å². The van der Waals surface area contributed by atoms with Crippen molar-refractivity contribution >= 4 is 5.91 Å². The molecule has 26 heavy (non-hydrogen) atoms. The number of carbonyl (C=O) groups excluding carboxylic acids is 1. The number of benzene rings is 2. The first-order valence-corrected chi connectivity index (χ1v) is 8.41. The van der Waals surface area contributed by atoms with E-state index in [1.807, 2.05) is 43.3 Å². The van der Waals surface area contributed by atoms with E-state index in [2.05, 4.69) is 5.32 Å². The Morgan fingerprint density at radius 3 is 2.23 bits per heavy atom. The lowest BCUT2D eigenvalue weighted by molar-refractivity contribution is -0.128. The van der Waals surface area contributed by atoms with E-state index in [0.717, 1.165) is 5.56 Å². The quantitative estimate of drug-likeness (QED) is 0.745. The van der Waals surface area contributed by atoms with E-state index in [4.69, 9.17) is 18.9 Å². The first-order chi connectivity index (χ1) is 12.6. The monoisotopic (exact) mass is 359 g/mol. The first kappa shape index (κ1) is 19.4. The highest BCUT2D eigenvalue weighted by Crippen LogP contribution is 2.39. The second kappa shape index (κ2) is 9.56. The van der Waals surface area contributed by atoms with Crippen LogP contribution in [0, 0.1) is 0 Å². The van der Waals surface area contributed by atoms with Crippen LogP contribution in [0.15, 0.2) is 42.5 Å². The van der Waals surface area contributed by atoms with Gasteiger partial charge in [0.2, 0.25) is 5.75 Å². The third kappa shape index (κ3) is 4.59. The molecule has 0 aliphatic carbocycles. The van der Waals surface area contributed by atoms with Gasteiger partial charge in [0.05, 0.1) is 21.3 Å². The normalized spacial score (nSPS) is 11.4. The molecule has 6 heteroatoms. The molecule has 0 aromatic heterocycles. The minimum Gasteiger partial charge on any atom is -0.493 e. The van der Waals surface area contributed by atoms with Gasteiger partial charge in [0, 0.05) is 12.1 Å². The van der Waals surface area contributed by atoms with Gasteiger partial charge >= 0.3 is 0 Å². The Balaban J connectivity index is 2.08. The molecule has 1 amide bonds. The molecule has 2 aromatic carbocycles. The summed E-state index contributed by atoms with van der Waals surface area (Å²) in [6, 6.07) is 12.9. The maximum absolute atomic E-state index is 12.5. The fourth-order valence-corrected chi connectivity index (χ4v) is 2.58. The standard InChI is InChI=1S/C20H25NO5/c1-5-16(26-15-9-7-6-8-10-15)20(22)21-13-14-11-12-17(23-2)19(25-4)18(14)24-3/h6-12,16H,5,13H2,1-4H3,(H,21,22). The van der Waals surface area contributed by atoms with Crippen LogP contribution in [-0.4, -0.2) is 33.3 Å². The van der Waals surface area contributed by atoms with Crippen molar-refractivity contribution in [1.82, 2.24) is 5.32 Å². The average Bonchev–Trinajstić information content (AvgIpc) is 2.69. The smallest absolute Gasteiger partial charge is 0.261 e. The summed E-state index contributed by atoms with van der Waals surface area (Å²) < 4.78 is 21.8. The number of amides is 1. The lowest BCUT2D eigenvalue weighted by Gasteiger charge is -2.19. The molecule has 2 rings (SSSR count). The number of carbonyl (C=O) groups is 1. The summed E-state index contributed by atoms with van der Waals surface area (Å²) in [5, 5.41) is 2.89. The minimum atomic E-state index is -0.566. The van der Waals surface area contributed by atoms with Crippen molar-refractivity contribution < 1.29 is 23.7 Å². The highest BCUT2D eigenvalue weighted by Gasteiger charge is 2.20. The van der Waals surface area contributed by atoms with Crippen molar-refractivity contribution in [3.05, 3.63) is 48.0 Å². The lowest BCUT2D eigenvalue weighted by atomic mass is 10.1. The van der Waals surface area contributed by atoms with Crippen molar-refractivity contribution in [3.8, 4) is 23.0 Å². The molecule has 140 valence electrons. The Morgan fingerprint density at radius 2 is 1.65 bits per heavy atom. The van der Waals surface area contributed by atoms with Gasteiger partial charge in [0.15, 0.2) is 17.6 Å². The van der Waals surface area contributed by atoms with E-state index < -0.39 is 6.10 Å². The molecule has 0 radical (unpaired) electrons. The molecule has 1 unspecified atom stereocenters. The Morgan fingerprint density at radius 1 is 0.962 bits per heavy atom. The van der Waals surface area contributed by atoms with Crippen LogP contribution in [0.3, 0.4) is 0 Å². The van der Waals surface area contributed by atoms with Crippen LogP contribution in [0.25, 0.3) is 0 Å². The molecule has 0 heterocycles. The van der Waals surface area contributed by atoms with Gasteiger partial charge in [-0.2, -0.15) is 0 Å². The summed E-state index contributed by atoms with van der Waals surface area (Å²) >= 11 is 0. The van der Waals surface area contributed by atoms with E-state index in [9.17, 15) is 4.79 Å². The van der Waals surface area contributed by atoms with Gasteiger partial charge in [0.1, 0.15) is 5.75 Å². The first-order valence-electron chi connectivity index (χ1n) is 8.41. The lowest BCUT2D eigenvalue weighted by Crippen LogP contribution is -2.37. The second-order valence-corrected chi connectivity index (χ2v) is 5.54. The fraction of sp³-hybridized carbons (Fsp3) is 0.350. The Hall–Kier alpha value is -2.89. The molecule has 0 aliphatic heterocycles. The van der Waals surface area contributed by atoms with Gasteiger partial charge < -0.3 is 24.3 Å². The summed E-state index contributed by atoms with van der Waals surface area (Å²) in [7, 11) is 4.66. The van der Waals surface area contributed by atoms with Gasteiger partial charge in [-0.3, -0.25) is 4.79 Å². The number of nitrogens with one attached hydrogen (secondary N) is 1. The van der Waals surface area contributed by atoms with Crippen LogP contribution < -0.4 is 24.3 Å². The summed E-state index contributed by atoms with van der Waals surface area (Å²) in [4.78, 5) is 12.5. The number of methoxy groups -OCH3 is 3. The van der Waals surface area contributed by atoms with Crippen LogP contribution >= 0.6 is 0 Å². The number of hydrogen-bond donors (Lipinski definition) is 1. The Bertz CT molecular complexity index is 718. The molecule has 0 saturated carbocycles. The summed E-state index contributed by atoms with van der Waals surface area (Å²) in [5.41, 5.74) is 0.785. The van der Waals surface area contributed by atoms with Gasteiger partial charge in [-0.1, -0.05) is 25.1 Å². The maximum atomic E-state index is 12.5. The van der Waals surface area contributed by atoms with Crippen LogP contribution in [0.1, 0.15) is 18.9 Å². The number of para-hydroxylation sites is 1. The zero-order valence-corrected chi connectivity index (χ0v) is 15.6. The van der Waals surface area contributed by atoms with Crippen LogP contribution in [0.2, 0.25) is 0 Å². The van der Waals surface area contributed by atoms with Crippen LogP contribution in [-0.2, 0) is 11.3 Å². The van der Waals surface area contributed by atoms with Gasteiger partial charge in [-0.05, 0) is 30.7 Å². The highest BCUT2D eigenvalue weighted by atomic mass is 16.5. The molecule has 0 bridgehead atoms. The molecule has 1 N–H and O–H groups in total. The molecular weight excluding hydrogens is 334 g/mol. The van der Waals surface area contributed by atoms with Crippen LogP contribution in [0.4, 0.5) is 0 Å². The fourth-order valence-electron chi connectivity index (χ4n) is 2.58. The molecule has 0 fully saturated rings. The third-order valence-corrected chi connectivity index (χ3v) is 3.92. The molecular formula is C20H25NO5. The van der Waals surface area contributed by atoms with Gasteiger partial charge in [-0.15, -0.1) is 0 Å². The predicted molar refractivity (Wildman–Crippen MR) is 99.1 cm³/mol. The van der Waals surface area contributed by atoms with Crippen molar-refractivity contribution in [1.29, 1.82) is 0 Å². The Labute approximate surface area is 154 Å². The van der Waals surface area contributed by atoms with Crippen molar-refractivity contribution in [2.24, 2.45) is 0 Å². The number of rotatable bonds is 9. The summed E-state index contributed by atoms with van der Waals surface area (Å²) in [6.07, 6.45) is -0.00685. The molecule has 6 nitrogen and oxygen atoms in total. The van der Waals surface area contributed by atoms with E-state index in [-0.39, 0.29) is 12.5 Å². The number of ether oxygens (including phenoxy) is 4. The third-order valence-electron chi connectivity index (χ3n) is 3.92. The van der Waals surface area contributed by atoms with Gasteiger partial charge in [-0.25, -0.2) is 0 Å². The summed E-state index contributed by atoms with van der Waals surface area (Å²) in [5.74, 6) is 2.07. The van der Waals surface area contributed by atoms with E-state index in [1.165, 1.54) is 0 Å². The topological polar surface area (TPSA) is 66.0 Å². The average molecular weight is 359 g/mol. The second-order valence-electron chi connectivity index (χ2n) is 5.54. The maximum Gasteiger partial charge on any atom is 0.261 e. The van der Waals surface area contributed by atoms with E-state index in [1.54, 1.807) is 27.4 Å². The largest absolute Gasteiger partial charge is 0.493 e. The highest BCUT2D eigenvalue weighted by molar-refractivity contribution is 5.81. The molecule has 2 aromatic rings. The predicted octanol–water partition coefficient (Wildman–Crippen LogP) is 3.19. The van der Waals surface area contributed by atoms with Crippen LogP contribution in [0.5, 0.6) is 23.0 Å². The van der Waals surface area contributed by atoms with Crippen molar-refractivity contribution in [2.75, 3.05) is 21.3 Å². The van der Waals surface area contributed by atoms with Crippen molar-refractivity contribution in [2.45, 2.75) is 26.0 Å². The Kier molecular flexibility index (Phi) is 7.14. The zero-order valence-electron chi connectivity index (χ0n) is 15.6. The molecule has 0 spiro atoms. The number of hydrogen-bond acceptors (Lipinski definition) is 5. The van der Waals surface area contributed by atoms with Crippen molar-refractivity contribution in [3.63, 3.8) is 0 Å².